The molecule has 2 aromatic carbocycles. The van der Waals surface area contributed by atoms with Gasteiger partial charge in [0, 0.05) is 37.3 Å². The minimum absolute atomic E-state index is 0.0574. The molecule has 2 atom stereocenters. The van der Waals surface area contributed by atoms with Gasteiger partial charge < -0.3 is 14.5 Å². The summed E-state index contributed by atoms with van der Waals surface area (Å²) in [5.74, 6) is -0.151. The van der Waals surface area contributed by atoms with E-state index in [2.05, 4.69) is 4.90 Å². The average molecular weight is 447 g/mol. The quantitative estimate of drug-likeness (QED) is 0.682. The highest BCUT2D eigenvalue weighted by Gasteiger charge is 2.41. The summed E-state index contributed by atoms with van der Waals surface area (Å²) < 4.78 is 44.5. The third-order valence-electron chi connectivity index (χ3n) is 6.27. The Hall–Kier alpha value is -2.61. The number of aryl methyl sites for hydroxylation is 1. The number of ether oxygens (including phenoxy) is 1. The lowest BCUT2D eigenvalue weighted by Gasteiger charge is -2.42. The number of anilines is 1. The molecule has 166 valence electrons. The molecule has 2 heterocycles. The third kappa shape index (κ3) is 4.39. The number of hydrogen-bond acceptors (Lipinski definition) is 5. The van der Waals surface area contributed by atoms with Gasteiger partial charge in [-0.15, -0.1) is 0 Å². The summed E-state index contributed by atoms with van der Waals surface area (Å²) in [6, 6.07) is 11.8. The second kappa shape index (κ2) is 8.49. The van der Waals surface area contributed by atoms with Crippen LogP contribution in [0.2, 0.25) is 0 Å². The van der Waals surface area contributed by atoms with Gasteiger partial charge in [-0.25, -0.2) is 12.8 Å². The molecule has 6 nitrogen and oxygen atoms in total. The van der Waals surface area contributed by atoms with Crippen molar-refractivity contribution in [3.05, 3.63) is 53.8 Å². The van der Waals surface area contributed by atoms with Crippen LogP contribution in [0.5, 0.6) is 5.75 Å². The Morgan fingerprint density at radius 2 is 1.84 bits per heavy atom. The Bertz CT molecular complexity index is 1070. The van der Waals surface area contributed by atoms with Crippen LogP contribution in [0.25, 0.3) is 0 Å². The molecular formula is C23H27FN2O4S. The zero-order valence-electron chi connectivity index (χ0n) is 17.8. The van der Waals surface area contributed by atoms with Gasteiger partial charge in [0.2, 0.25) is 5.91 Å². The molecule has 2 saturated heterocycles. The molecule has 8 heteroatoms. The van der Waals surface area contributed by atoms with E-state index >= 15 is 0 Å². The molecule has 2 bridgehead atoms. The highest BCUT2D eigenvalue weighted by Crippen LogP contribution is 2.35. The van der Waals surface area contributed by atoms with Gasteiger partial charge >= 0.3 is 0 Å². The summed E-state index contributed by atoms with van der Waals surface area (Å²) in [6.07, 6.45) is 1.82. The van der Waals surface area contributed by atoms with E-state index in [1.54, 1.807) is 36.1 Å². The number of halogens is 1. The summed E-state index contributed by atoms with van der Waals surface area (Å²) in [7, 11) is -2.10. The minimum Gasteiger partial charge on any atom is -0.497 e. The maximum absolute atomic E-state index is 14.1. The van der Waals surface area contributed by atoms with Gasteiger partial charge in [-0.1, -0.05) is 12.1 Å². The van der Waals surface area contributed by atoms with Crippen molar-refractivity contribution in [3.8, 4) is 5.75 Å². The number of fused-ring (bicyclic) bond motifs is 2. The smallest absolute Gasteiger partial charge is 0.223 e. The van der Waals surface area contributed by atoms with Gasteiger partial charge in [-0.3, -0.25) is 4.79 Å². The molecule has 0 radical (unpaired) electrons. The molecule has 0 saturated carbocycles. The van der Waals surface area contributed by atoms with Gasteiger partial charge in [-0.2, -0.15) is 0 Å². The number of nitrogens with zero attached hydrogens (tertiary/aromatic N) is 2. The van der Waals surface area contributed by atoms with Crippen LogP contribution < -0.4 is 9.64 Å². The van der Waals surface area contributed by atoms with Crippen molar-refractivity contribution < 1.29 is 22.3 Å². The molecule has 0 aliphatic carbocycles. The lowest BCUT2D eigenvalue weighted by Crippen LogP contribution is -2.55. The SMILES string of the molecule is COc1cccc(S(=O)(=O)CCC(=O)N2CC3CCC(C2)N3c2ccc(C)c(F)c2)c1. The Labute approximate surface area is 182 Å². The number of likely N-dealkylation sites (tertiary alicyclic amines) is 1. The molecule has 0 aromatic heterocycles. The van der Waals surface area contributed by atoms with Crippen LogP contribution in [0.1, 0.15) is 24.8 Å². The predicted molar refractivity (Wildman–Crippen MR) is 117 cm³/mol. The largest absolute Gasteiger partial charge is 0.497 e. The van der Waals surface area contributed by atoms with Crippen LogP contribution in [0.15, 0.2) is 47.4 Å². The predicted octanol–water partition coefficient (Wildman–Crippen LogP) is 3.19. The van der Waals surface area contributed by atoms with E-state index < -0.39 is 9.84 Å². The second-order valence-corrected chi connectivity index (χ2v) is 10.4. The Kier molecular flexibility index (Phi) is 5.92. The number of hydrogen-bond donors (Lipinski definition) is 0. The van der Waals surface area contributed by atoms with E-state index in [-0.39, 0.29) is 40.9 Å². The summed E-state index contributed by atoms with van der Waals surface area (Å²) in [5.41, 5.74) is 1.46. The second-order valence-electron chi connectivity index (χ2n) is 8.27. The van der Waals surface area contributed by atoms with Crippen LogP contribution in [-0.2, 0) is 14.6 Å². The standard InChI is InChI=1S/C23H27FN2O4S/c1-16-6-7-17(12-22(16)24)26-18-8-9-19(26)15-25(14-18)23(27)10-11-31(28,29)21-5-3-4-20(13-21)30-2/h3-7,12-13,18-19H,8-11,14-15H2,1-2H3. The molecule has 2 unspecified atom stereocenters. The van der Waals surface area contributed by atoms with Crippen LogP contribution in [-0.4, -0.2) is 57.3 Å². The lowest BCUT2D eigenvalue weighted by atomic mass is 10.1. The number of piperazine rings is 1. The molecule has 2 aromatic rings. The fourth-order valence-electron chi connectivity index (χ4n) is 4.56. The Morgan fingerprint density at radius 3 is 2.48 bits per heavy atom. The van der Waals surface area contributed by atoms with Crippen molar-refractivity contribution in [2.24, 2.45) is 0 Å². The summed E-state index contributed by atoms with van der Waals surface area (Å²) in [4.78, 5) is 17.0. The highest BCUT2D eigenvalue weighted by molar-refractivity contribution is 7.91. The van der Waals surface area contributed by atoms with Crippen molar-refractivity contribution in [1.29, 1.82) is 0 Å². The topological polar surface area (TPSA) is 66.9 Å². The Balaban J connectivity index is 1.40. The molecule has 2 aliphatic rings. The molecular weight excluding hydrogens is 419 g/mol. The number of carbonyl (C=O) groups is 1. The fourth-order valence-corrected chi connectivity index (χ4v) is 5.82. The molecule has 1 amide bonds. The van der Waals surface area contributed by atoms with Gasteiger partial charge in [0.1, 0.15) is 11.6 Å². The van der Waals surface area contributed by atoms with Crippen molar-refractivity contribution in [2.45, 2.75) is 43.2 Å². The minimum atomic E-state index is -3.58. The lowest BCUT2D eigenvalue weighted by molar-refractivity contribution is -0.131. The number of methoxy groups -OCH3 is 1. The van der Waals surface area contributed by atoms with E-state index in [4.69, 9.17) is 4.74 Å². The van der Waals surface area contributed by atoms with E-state index in [1.165, 1.54) is 19.2 Å². The number of carbonyl (C=O) groups excluding carboxylic acids is 1. The zero-order valence-corrected chi connectivity index (χ0v) is 18.6. The van der Waals surface area contributed by atoms with Gasteiger partial charge in [-0.05, 0) is 55.7 Å². The van der Waals surface area contributed by atoms with E-state index in [9.17, 15) is 17.6 Å². The van der Waals surface area contributed by atoms with Crippen molar-refractivity contribution in [3.63, 3.8) is 0 Å². The fraction of sp³-hybridized carbons (Fsp3) is 0.435. The van der Waals surface area contributed by atoms with Crippen molar-refractivity contribution in [2.75, 3.05) is 30.9 Å². The molecule has 2 fully saturated rings. The van der Waals surface area contributed by atoms with Gasteiger partial charge in [0.05, 0.1) is 17.8 Å². The number of amides is 1. The first kappa shape index (κ1) is 21.6. The Morgan fingerprint density at radius 1 is 1.13 bits per heavy atom. The molecule has 31 heavy (non-hydrogen) atoms. The van der Waals surface area contributed by atoms with Crippen LogP contribution in [0.3, 0.4) is 0 Å². The monoisotopic (exact) mass is 446 g/mol. The van der Waals surface area contributed by atoms with E-state index in [0.29, 0.717) is 24.4 Å². The van der Waals surface area contributed by atoms with Crippen molar-refractivity contribution in [1.82, 2.24) is 4.90 Å². The molecule has 0 N–H and O–H groups in total. The first-order valence-corrected chi connectivity index (χ1v) is 12.1. The average Bonchev–Trinajstić information content (AvgIpc) is 3.03. The number of rotatable bonds is 6. The third-order valence-corrected chi connectivity index (χ3v) is 7.99. The summed E-state index contributed by atoms with van der Waals surface area (Å²) in [5, 5.41) is 0. The summed E-state index contributed by atoms with van der Waals surface area (Å²) in [6.45, 7) is 2.80. The van der Waals surface area contributed by atoms with Crippen LogP contribution in [0.4, 0.5) is 10.1 Å². The van der Waals surface area contributed by atoms with Crippen molar-refractivity contribution >= 4 is 21.4 Å². The number of sulfone groups is 1. The number of benzene rings is 2. The first-order valence-electron chi connectivity index (χ1n) is 10.5. The first-order chi connectivity index (χ1) is 14.8. The molecule has 4 rings (SSSR count). The highest BCUT2D eigenvalue weighted by atomic mass is 32.2. The van der Waals surface area contributed by atoms with Gasteiger partial charge in [0.15, 0.2) is 9.84 Å². The normalized spacial score (nSPS) is 20.7. The maximum Gasteiger partial charge on any atom is 0.223 e. The maximum atomic E-state index is 14.1. The van der Waals surface area contributed by atoms with E-state index in [0.717, 1.165) is 18.5 Å². The van der Waals surface area contributed by atoms with Crippen LogP contribution in [0, 0.1) is 12.7 Å². The van der Waals surface area contributed by atoms with E-state index in [1.807, 2.05) is 6.07 Å². The zero-order chi connectivity index (χ0) is 22.2. The van der Waals surface area contributed by atoms with Gasteiger partial charge in [0.25, 0.3) is 0 Å². The van der Waals surface area contributed by atoms with Crippen LogP contribution >= 0.6 is 0 Å². The molecule has 2 aliphatic heterocycles. The molecule has 0 spiro atoms. The summed E-state index contributed by atoms with van der Waals surface area (Å²) >= 11 is 0.